The zero-order chi connectivity index (χ0) is 16.1. The van der Waals surface area contributed by atoms with Crippen molar-refractivity contribution in [2.45, 2.75) is 13.8 Å². The molecule has 0 aliphatic heterocycles. The van der Waals surface area contributed by atoms with Gasteiger partial charge in [0, 0.05) is 15.7 Å². The number of hydrogen-bond acceptors (Lipinski definition) is 4. The summed E-state index contributed by atoms with van der Waals surface area (Å²) in [5.74, 6) is 0.653. The molecule has 3 heterocycles. The first-order valence-electron chi connectivity index (χ1n) is 6.99. The lowest BCUT2D eigenvalue weighted by Gasteiger charge is -2.08. The van der Waals surface area contributed by atoms with Crippen molar-refractivity contribution >= 4 is 44.3 Å². The van der Waals surface area contributed by atoms with E-state index in [1.165, 1.54) is 0 Å². The van der Waals surface area contributed by atoms with Crippen LogP contribution in [0.15, 0.2) is 34.8 Å². The van der Waals surface area contributed by atoms with E-state index in [2.05, 4.69) is 36.1 Å². The van der Waals surface area contributed by atoms with E-state index in [1.54, 1.807) is 0 Å². The first kappa shape index (κ1) is 14.5. The number of rotatable bonds is 1. The first-order chi connectivity index (χ1) is 11.0. The third kappa shape index (κ3) is 2.29. The molecule has 0 aliphatic carbocycles. The number of aryl methyl sites for hydroxylation is 2. The molecule has 0 saturated carbocycles. The van der Waals surface area contributed by atoms with Crippen LogP contribution in [0.4, 0.5) is 0 Å². The molecule has 23 heavy (non-hydrogen) atoms. The van der Waals surface area contributed by atoms with Crippen LogP contribution in [-0.4, -0.2) is 24.6 Å². The molecule has 0 bridgehead atoms. The minimum atomic E-state index is 0.609. The summed E-state index contributed by atoms with van der Waals surface area (Å²) in [5.41, 5.74) is 4.71. The number of aromatic nitrogens is 5. The van der Waals surface area contributed by atoms with Gasteiger partial charge in [0.15, 0.2) is 17.1 Å². The maximum atomic E-state index is 6.37. The van der Waals surface area contributed by atoms with Crippen molar-refractivity contribution in [3.63, 3.8) is 0 Å². The fourth-order valence-electron chi connectivity index (χ4n) is 2.58. The van der Waals surface area contributed by atoms with Crippen LogP contribution in [0.25, 0.3) is 28.2 Å². The normalized spacial score (nSPS) is 11.5. The molecule has 0 aliphatic rings. The molecular formula is C16H11BrClN5. The van der Waals surface area contributed by atoms with E-state index in [4.69, 9.17) is 11.6 Å². The Morgan fingerprint density at radius 1 is 1.00 bits per heavy atom. The zero-order valence-corrected chi connectivity index (χ0v) is 14.7. The molecule has 0 N–H and O–H groups in total. The van der Waals surface area contributed by atoms with Crippen molar-refractivity contribution in [2.75, 3.05) is 0 Å². The second-order valence-electron chi connectivity index (χ2n) is 5.30. The SMILES string of the molecule is Cc1ccc2nc(C)c3nnc(-c4cc(Br)ccc4Cl)n3c2n1. The van der Waals surface area contributed by atoms with Crippen molar-refractivity contribution in [1.82, 2.24) is 24.6 Å². The first-order valence-corrected chi connectivity index (χ1v) is 8.16. The van der Waals surface area contributed by atoms with Crippen molar-refractivity contribution in [2.24, 2.45) is 0 Å². The molecule has 1 aromatic carbocycles. The molecule has 0 radical (unpaired) electrons. The largest absolute Gasteiger partial charge is 0.255 e. The number of halogens is 2. The summed E-state index contributed by atoms with van der Waals surface area (Å²) in [6.07, 6.45) is 0. The molecular weight excluding hydrogens is 378 g/mol. The third-order valence-corrected chi connectivity index (χ3v) is 4.47. The third-order valence-electron chi connectivity index (χ3n) is 3.65. The van der Waals surface area contributed by atoms with Gasteiger partial charge in [-0.05, 0) is 44.2 Å². The monoisotopic (exact) mass is 387 g/mol. The van der Waals surface area contributed by atoms with Crippen LogP contribution in [0, 0.1) is 13.8 Å². The molecule has 4 aromatic rings. The van der Waals surface area contributed by atoms with Gasteiger partial charge >= 0.3 is 0 Å². The maximum Gasteiger partial charge on any atom is 0.184 e. The lowest BCUT2D eigenvalue weighted by Crippen LogP contribution is -2.00. The quantitative estimate of drug-likeness (QED) is 0.486. The fourth-order valence-corrected chi connectivity index (χ4v) is 3.14. The van der Waals surface area contributed by atoms with Crippen LogP contribution in [0.3, 0.4) is 0 Å². The number of pyridine rings is 1. The molecule has 0 spiro atoms. The molecule has 5 nitrogen and oxygen atoms in total. The Morgan fingerprint density at radius 2 is 1.83 bits per heavy atom. The van der Waals surface area contributed by atoms with Crippen LogP contribution >= 0.6 is 27.5 Å². The lowest BCUT2D eigenvalue weighted by atomic mass is 10.2. The van der Waals surface area contributed by atoms with Gasteiger partial charge in [0.1, 0.15) is 5.52 Å². The van der Waals surface area contributed by atoms with Crippen molar-refractivity contribution < 1.29 is 0 Å². The second-order valence-corrected chi connectivity index (χ2v) is 6.62. The predicted molar refractivity (Wildman–Crippen MR) is 93.7 cm³/mol. The van der Waals surface area contributed by atoms with Gasteiger partial charge in [-0.2, -0.15) is 0 Å². The van der Waals surface area contributed by atoms with Gasteiger partial charge < -0.3 is 0 Å². The summed E-state index contributed by atoms with van der Waals surface area (Å²) in [6.45, 7) is 3.86. The Hall–Kier alpha value is -2.05. The molecule has 0 amide bonds. The van der Waals surface area contributed by atoms with Gasteiger partial charge in [0.2, 0.25) is 0 Å². The summed E-state index contributed by atoms with van der Waals surface area (Å²) in [6, 6.07) is 9.54. The standard InChI is InChI=1S/C16H11BrClN5/c1-8-3-6-13-16(19-8)23-14(9(2)20-13)21-22-15(23)11-7-10(17)4-5-12(11)18/h3-7H,1-2H3. The van der Waals surface area contributed by atoms with E-state index < -0.39 is 0 Å². The molecule has 4 rings (SSSR count). The summed E-state index contributed by atoms with van der Waals surface area (Å²) < 4.78 is 2.84. The van der Waals surface area contributed by atoms with Gasteiger partial charge in [-0.25, -0.2) is 9.97 Å². The van der Waals surface area contributed by atoms with Crippen molar-refractivity contribution in [3.8, 4) is 11.4 Å². The topological polar surface area (TPSA) is 56.0 Å². The van der Waals surface area contributed by atoms with E-state index in [0.717, 1.165) is 32.6 Å². The molecule has 0 atom stereocenters. The Balaban J connectivity index is 2.18. The Kier molecular flexibility index (Phi) is 3.32. The van der Waals surface area contributed by atoms with Crippen LogP contribution in [-0.2, 0) is 0 Å². The minimum Gasteiger partial charge on any atom is -0.255 e. The Morgan fingerprint density at radius 3 is 2.65 bits per heavy atom. The van der Waals surface area contributed by atoms with Gasteiger partial charge in [-0.3, -0.25) is 4.40 Å². The van der Waals surface area contributed by atoms with Gasteiger partial charge in [0.25, 0.3) is 0 Å². The summed E-state index contributed by atoms with van der Waals surface area (Å²) in [4.78, 5) is 9.18. The Labute approximate surface area is 145 Å². The maximum absolute atomic E-state index is 6.37. The smallest absolute Gasteiger partial charge is 0.184 e. The van der Waals surface area contributed by atoms with E-state index >= 15 is 0 Å². The van der Waals surface area contributed by atoms with E-state index in [1.807, 2.05) is 48.6 Å². The molecule has 114 valence electrons. The molecule has 0 fully saturated rings. The molecule has 0 saturated heterocycles. The average Bonchev–Trinajstić information content (AvgIpc) is 2.96. The van der Waals surface area contributed by atoms with Crippen molar-refractivity contribution in [3.05, 3.63) is 51.2 Å². The fraction of sp³-hybridized carbons (Fsp3) is 0.125. The molecule has 3 aromatic heterocycles. The minimum absolute atomic E-state index is 0.609. The van der Waals surface area contributed by atoms with Crippen LogP contribution < -0.4 is 0 Å². The summed E-state index contributed by atoms with van der Waals surface area (Å²) in [7, 11) is 0. The van der Waals surface area contributed by atoms with Gasteiger partial charge in [-0.1, -0.05) is 27.5 Å². The predicted octanol–water partition coefficient (Wildman–Crippen LogP) is 4.37. The number of benzene rings is 1. The van der Waals surface area contributed by atoms with E-state index in [0.29, 0.717) is 16.5 Å². The van der Waals surface area contributed by atoms with Gasteiger partial charge in [-0.15, -0.1) is 10.2 Å². The second kappa shape index (κ2) is 5.25. The molecule has 7 heteroatoms. The van der Waals surface area contributed by atoms with E-state index in [-0.39, 0.29) is 0 Å². The average molecular weight is 389 g/mol. The van der Waals surface area contributed by atoms with Crippen LogP contribution in [0.2, 0.25) is 5.02 Å². The highest BCUT2D eigenvalue weighted by Crippen LogP contribution is 2.31. The number of fused-ring (bicyclic) bond motifs is 3. The summed E-state index contributed by atoms with van der Waals surface area (Å²) >= 11 is 9.85. The van der Waals surface area contributed by atoms with Gasteiger partial charge in [0.05, 0.1) is 10.7 Å². The number of hydrogen-bond donors (Lipinski definition) is 0. The van der Waals surface area contributed by atoms with E-state index in [9.17, 15) is 0 Å². The van der Waals surface area contributed by atoms with Crippen LogP contribution in [0.1, 0.15) is 11.4 Å². The Bertz CT molecular complexity index is 1070. The highest BCUT2D eigenvalue weighted by molar-refractivity contribution is 9.10. The lowest BCUT2D eigenvalue weighted by molar-refractivity contribution is 1.09. The highest BCUT2D eigenvalue weighted by Gasteiger charge is 2.17. The molecule has 0 unspecified atom stereocenters. The van der Waals surface area contributed by atoms with Crippen LogP contribution in [0.5, 0.6) is 0 Å². The number of nitrogens with zero attached hydrogens (tertiary/aromatic N) is 5. The highest BCUT2D eigenvalue weighted by atomic mass is 79.9. The zero-order valence-electron chi connectivity index (χ0n) is 12.4. The van der Waals surface area contributed by atoms with Crippen molar-refractivity contribution in [1.29, 1.82) is 0 Å². The summed E-state index contributed by atoms with van der Waals surface area (Å²) in [5, 5.41) is 9.23.